The molecular formula is C24H26N2S3. The van der Waals surface area contributed by atoms with Gasteiger partial charge in [-0.05, 0) is 73.3 Å². The monoisotopic (exact) mass is 438 g/mol. The van der Waals surface area contributed by atoms with Gasteiger partial charge in [0.1, 0.15) is 0 Å². The summed E-state index contributed by atoms with van der Waals surface area (Å²) in [6, 6.07) is 27.6. The van der Waals surface area contributed by atoms with Gasteiger partial charge in [-0.1, -0.05) is 48.0 Å². The van der Waals surface area contributed by atoms with Crippen LogP contribution in [0, 0.1) is 6.92 Å². The van der Waals surface area contributed by atoms with E-state index in [0.717, 1.165) is 30.2 Å². The Morgan fingerprint density at radius 2 is 1.52 bits per heavy atom. The minimum absolute atomic E-state index is 0.678. The number of hydrogen-bond donors (Lipinski definition) is 2. The summed E-state index contributed by atoms with van der Waals surface area (Å²) in [4.78, 5) is 2.61. The molecule has 2 nitrogen and oxygen atoms in total. The minimum Gasteiger partial charge on any atom is -0.362 e. The quantitative estimate of drug-likeness (QED) is 0.218. The van der Waals surface area contributed by atoms with Gasteiger partial charge >= 0.3 is 0 Å². The lowest BCUT2D eigenvalue weighted by molar-refractivity contribution is 0.854. The Labute approximate surface area is 187 Å². The van der Waals surface area contributed by atoms with Crippen molar-refractivity contribution in [1.82, 2.24) is 5.32 Å². The molecule has 0 bridgehead atoms. The van der Waals surface area contributed by atoms with Gasteiger partial charge in [-0.2, -0.15) is 0 Å². The molecule has 0 aromatic heterocycles. The molecule has 3 aromatic rings. The summed E-state index contributed by atoms with van der Waals surface area (Å²) in [6.45, 7) is 2.99. The topological polar surface area (TPSA) is 24.1 Å². The third kappa shape index (κ3) is 8.13. The summed E-state index contributed by atoms with van der Waals surface area (Å²) in [5, 5.41) is 7.23. The second-order valence-electron chi connectivity index (χ2n) is 6.69. The predicted molar refractivity (Wildman–Crippen MR) is 133 cm³/mol. The number of rotatable bonds is 9. The van der Waals surface area contributed by atoms with Crippen molar-refractivity contribution >= 4 is 46.5 Å². The van der Waals surface area contributed by atoms with E-state index < -0.39 is 0 Å². The van der Waals surface area contributed by atoms with Crippen molar-refractivity contribution in [2.45, 2.75) is 28.9 Å². The van der Waals surface area contributed by atoms with E-state index >= 15 is 0 Å². The number of aryl methyl sites for hydroxylation is 1. The van der Waals surface area contributed by atoms with Crippen LogP contribution in [0.5, 0.6) is 0 Å². The van der Waals surface area contributed by atoms with Gasteiger partial charge in [0.05, 0.1) is 0 Å². The summed E-state index contributed by atoms with van der Waals surface area (Å²) >= 11 is 9.14. The number of benzene rings is 3. The van der Waals surface area contributed by atoms with Gasteiger partial charge in [-0.3, -0.25) is 0 Å². The number of anilines is 1. The fourth-order valence-corrected chi connectivity index (χ4v) is 4.59. The SMILES string of the molecule is Cc1ccc(SCCCNC(=S)Nc2ccc(CSc3ccccc3)cc2)cc1. The highest BCUT2D eigenvalue weighted by molar-refractivity contribution is 7.99. The van der Waals surface area contributed by atoms with Gasteiger partial charge in [0.2, 0.25) is 0 Å². The van der Waals surface area contributed by atoms with Crippen molar-refractivity contribution < 1.29 is 0 Å². The summed E-state index contributed by atoms with van der Waals surface area (Å²) in [7, 11) is 0. The normalized spacial score (nSPS) is 10.5. The summed E-state index contributed by atoms with van der Waals surface area (Å²) in [5.74, 6) is 2.04. The van der Waals surface area contributed by atoms with Crippen LogP contribution in [-0.2, 0) is 5.75 Å². The van der Waals surface area contributed by atoms with Gasteiger partial charge in [0, 0.05) is 27.8 Å². The van der Waals surface area contributed by atoms with Crippen LogP contribution in [0.15, 0.2) is 88.7 Å². The van der Waals surface area contributed by atoms with Gasteiger partial charge in [-0.15, -0.1) is 23.5 Å². The Bertz CT molecular complexity index is 878. The molecule has 0 heterocycles. The van der Waals surface area contributed by atoms with Crippen LogP contribution in [0.25, 0.3) is 0 Å². The van der Waals surface area contributed by atoms with Crippen LogP contribution in [0.2, 0.25) is 0 Å². The first kappa shape index (κ1) is 21.8. The number of hydrogen-bond acceptors (Lipinski definition) is 3. The first-order chi connectivity index (χ1) is 14.2. The van der Waals surface area contributed by atoms with Crippen molar-refractivity contribution in [3.63, 3.8) is 0 Å². The van der Waals surface area contributed by atoms with Crippen LogP contribution in [0.3, 0.4) is 0 Å². The van der Waals surface area contributed by atoms with Crippen molar-refractivity contribution in [2.24, 2.45) is 0 Å². The zero-order valence-corrected chi connectivity index (χ0v) is 19.0. The van der Waals surface area contributed by atoms with E-state index in [1.165, 1.54) is 20.9 Å². The molecule has 0 saturated heterocycles. The van der Waals surface area contributed by atoms with Crippen LogP contribution >= 0.6 is 35.7 Å². The molecule has 0 aliphatic carbocycles. The van der Waals surface area contributed by atoms with Gasteiger partial charge < -0.3 is 10.6 Å². The molecule has 29 heavy (non-hydrogen) atoms. The maximum atomic E-state index is 5.41. The van der Waals surface area contributed by atoms with Crippen LogP contribution in [0.1, 0.15) is 17.5 Å². The molecule has 0 fully saturated rings. The Balaban J connectivity index is 1.32. The van der Waals surface area contributed by atoms with E-state index in [1.54, 1.807) is 0 Å². The highest BCUT2D eigenvalue weighted by Gasteiger charge is 2.00. The zero-order chi connectivity index (χ0) is 20.3. The maximum Gasteiger partial charge on any atom is 0.170 e. The van der Waals surface area contributed by atoms with E-state index in [-0.39, 0.29) is 0 Å². The minimum atomic E-state index is 0.678. The van der Waals surface area contributed by atoms with E-state index in [2.05, 4.69) is 90.4 Å². The van der Waals surface area contributed by atoms with Crippen LogP contribution < -0.4 is 10.6 Å². The average Bonchev–Trinajstić information content (AvgIpc) is 2.75. The molecule has 0 aliphatic heterocycles. The molecular weight excluding hydrogens is 412 g/mol. The first-order valence-electron chi connectivity index (χ1n) is 9.70. The summed E-state index contributed by atoms with van der Waals surface area (Å²) in [6.07, 6.45) is 1.07. The molecule has 0 spiro atoms. The second kappa shape index (κ2) is 11.9. The molecule has 150 valence electrons. The largest absolute Gasteiger partial charge is 0.362 e. The molecule has 0 atom stereocenters. The fraction of sp³-hybridized carbons (Fsp3) is 0.208. The van der Waals surface area contributed by atoms with E-state index in [4.69, 9.17) is 12.2 Å². The third-order valence-corrected chi connectivity index (χ3v) is 6.68. The van der Waals surface area contributed by atoms with Crippen molar-refractivity contribution in [1.29, 1.82) is 0 Å². The maximum absolute atomic E-state index is 5.41. The molecule has 0 saturated carbocycles. The van der Waals surface area contributed by atoms with Gasteiger partial charge in [0.25, 0.3) is 0 Å². The zero-order valence-electron chi connectivity index (χ0n) is 16.6. The molecule has 3 rings (SSSR count). The van der Waals surface area contributed by atoms with Crippen molar-refractivity contribution in [3.05, 3.63) is 90.0 Å². The lowest BCUT2D eigenvalue weighted by Crippen LogP contribution is -2.29. The lowest BCUT2D eigenvalue weighted by atomic mass is 10.2. The standard InChI is InChI=1S/C24H26N2S3/c1-19-8-14-23(15-9-19)28-17-5-16-25-24(27)26-21-12-10-20(11-13-21)18-29-22-6-3-2-4-7-22/h2-4,6-15H,5,16-18H2,1H3,(H2,25,26,27). The predicted octanol–water partition coefficient (Wildman–Crippen LogP) is 6.76. The summed E-state index contributed by atoms with van der Waals surface area (Å²) in [5.41, 5.74) is 3.62. The number of thiocarbonyl (C=S) groups is 1. The van der Waals surface area contributed by atoms with Crippen LogP contribution in [0.4, 0.5) is 5.69 Å². The summed E-state index contributed by atoms with van der Waals surface area (Å²) < 4.78 is 0. The Kier molecular flexibility index (Phi) is 8.93. The number of thioether (sulfide) groups is 2. The molecule has 0 radical (unpaired) electrons. The van der Waals surface area contributed by atoms with Crippen molar-refractivity contribution in [3.8, 4) is 0 Å². The number of nitrogens with one attached hydrogen (secondary N) is 2. The van der Waals surface area contributed by atoms with Gasteiger partial charge in [0.15, 0.2) is 5.11 Å². The molecule has 2 N–H and O–H groups in total. The molecule has 0 aliphatic rings. The highest BCUT2D eigenvalue weighted by atomic mass is 32.2. The highest BCUT2D eigenvalue weighted by Crippen LogP contribution is 2.23. The molecule has 0 unspecified atom stereocenters. The van der Waals surface area contributed by atoms with Crippen molar-refractivity contribution in [2.75, 3.05) is 17.6 Å². The van der Waals surface area contributed by atoms with Crippen LogP contribution in [-0.4, -0.2) is 17.4 Å². The second-order valence-corrected chi connectivity index (χ2v) is 9.32. The van der Waals surface area contributed by atoms with Gasteiger partial charge in [-0.25, -0.2) is 0 Å². The third-order valence-electron chi connectivity index (χ3n) is 4.26. The molecule has 3 aromatic carbocycles. The Morgan fingerprint density at radius 1 is 0.828 bits per heavy atom. The van der Waals surface area contributed by atoms with E-state index in [9.17, 15) is 0 Å². The van der Waals surface area contributed by atoms with E-state index in [0.29, 0.717) is 5.11 Å². The van der Waals surface area contributed by atoms with E-state index in [1.807, 2.05) is 29.6 Å². The average molecular weight is 439 g/mol. The Morgan fingerprint density at radius 3 is 2.24 bits per heavy atom. The lowest BCUT2D eigenvalue weighted by Gasteiger charge is -2.11. The smallest absolute Gasteiger partial charge is 0.170 e. The fourth-order valence-electron chi connectivity index (χ4n) is 2.64. The molecule has 0 amide bonds. The molecule has 5 heteroatoms. The Hall–Kier alpha value is -1.95. The first-order valence-corrected chi connectivity index (χ1v) is 12.1.